The molecule has 0 aliphatic carbocycles. The van der Waals surface area contributed by atoms with E-state index >= 15 is 0 Å². The highest BCUT2D eigenvalue weighted by Gasteiger charge is 2.27. The maximum absolute atomic E-state index is 14.4. The molecule has 3 nitrogen and oxygen atoms in total. The topological polar surface area (TPSA) is 33.2 Å². The first kappa shape index (κ1) is 16.8. The van der Waals surface area contributed by atoms with E-state index in [9.17, 15) is 13.6 Å². The second-order valence-electron chi connectivity index (χ2n) is 5.64. The molecule has 0 bridgehead atoms. The van der Waals surface area contributed by atoms with Crippen LogP contribution in [0.1, 0.15) is 27.5 Å². The van der Waals surface area contributed by atoms with Crippen molar-refractivity contribution in [2.45, 2.75) is 6.04 Å². The van der Waals surface area contributed by atoms with Crippen LogP contribution in [-0.2, 0) is 0 Å². The number of hydrogen-bond donors (Lipinski definition) is 0. The predicted octanol–water partition coefficient (Wildman–Crippen LogP) is 4.22. The lowest BCUT2D eigenvalue weighted by Crippen LogP contribution is -2.32. The van der Waals surface area contributed by atoms with Crippen LogP contribution in [-0.4, -0.2) is 22.8 Å². The van der Waals surface area contributed by atoms with Gasteiger partial charge in [0.1, 0.15) is 11.6 Å². The van der Waals surface area contributed by atoms with Crippen molar-refractivity contribution in [1.29, 1.82) is 0 Å². The molecule has 1 aromatic heterocycles. The highest BCUT2D eigenvalue weighted by Crippen LogP contribution is 2.30. The van der Waals surface area contributed by atoms with Crippen molar-refractivity contribution in [2.24, 2.45) is 0 Å². The summed E-state index contributed by atoms with van der Waals surface area (Å²) in [7, 11) is 1.59. The number of amides is 1. The van der Waals surface area contributed by atoms with Crippen LogP contribution < -0.4 is 0 Å². The van der Waals surface area contributed by atoms with Crippen molar-refractivity contribution < 1.29 is 13.6 Å². The number of carbonyl (C=O) groups excluding carboxylic acids is 1. The summed E-state index contributed by atoms with van der Waals surface area (Å²) < 4.78 is 27.7. The molecular formula is C20H16F2N2O. The molecule has 25 heavy (non-hydrogen) atoms. The minimum absolute atomic E-state index is 0.209. The number of carbonyl (C=O) groups is 1. The largest absolute Gasteiger partial charge is 0.330 e. The van der Waals surface area contributed by atoms with Gasteiger partial charge in [0.05, 0.1) is 6.04 Å². The normalized spacial score (nSPS) is 11.8. The molecule has 0 spiro atoms. The van der Waals surface area contributed by atoms with Gasteiger partial charge in [-0.05, 0) is 29.8 Å². The highest BCUT2D eigenvalue weighted by atomic mass is 19.1. The zero-order valence-corrected chi connectivity index (χ0v) is 13.6. The standard InChI is InChI=1S/C20H16F2N2O/c1-24(20(25)14-6-3-2-4-7-14)19(15-8-5-11-23-13-15)17-10-9-16(21)12-18(17)22/h2-13,19H,1H3/t19-/m1/s1. The second kappa shape index (κ2) is 7.21. The van der Waals surface area contributed by atoms with E-state index in [1.807, 2.05) is 6.07 Å². The van der Waals surface area contributed by atoms with Gasteiger partial charge in [-0.25, -0.2) is 8.78 Å². The average Bonchev–Trinajstić information content (AvgIpc) is 2.64. The zero-order chi connectivity index (χ0) is 17.8. The average molecular weight is 338 g/mol. The minimum Gasteiger partial charge on any atom is -0.330 e. The van der Waals surface area contributed by atoms with Crippen LogP contribution in [0.15, 0.2) is 73.1 Å². The fraction of sp³-hybridized carbons (Fsp3) is 0.100. The molecule has 1 amide bonds. The van der Waals surface area contributed by atoms with Crippen LogP contribution in [0.25, 0.3) is 0 Å². The van der Waals surface area contributed by atoms with E-state index in [1.54, 1.807) is 55.8 Å². The maximum Gasteiger partial charge on any atom is 0.254 e. The Hall–Kier alpha value is -3.08. The second-order valence-corrected chi connectivity index (χ2v) is 5.64. The minimum atomic E-state index is -0.720. The number of benzene rings is 2. The van der Waals surface area contributed by atoms with Gasteiger partial charge >= 0.3 is 0 Å². The van der Waals surface area contributed by atoms with Crippen LogP contribution in [0.5, 0.6) is 0 Å². The Bertz CT molecular complexity index is 869. The molecule has 1 atom stereocenters. The van der Waals surface area contributed by atoms with Crippen LogP contribution in [0.2, 0.25) is 0 Å². The predicted molar refractivity (Wildman–Crippen MR) is 91.0 cm³/mol. The molecule has 0 N–H and O–H groups in total. The number of nitrogens with zero attached hydrogens (tertiary/aromatic N) is 2. The first-order valence-electron chi connectivity index (χ1n) is 7.75. The van der Waals surface area contributed by atoms with Gasteiger partial charge in [0.15, 0.2) is 0 Å². The molecule has 0 saturated carbocycles. The summed E-state index contributed by atoms with van der Waals surface area (Å²) in [5, 5.41) is 0. The smallest absolute Gasteiger partial charge is 0.254 e. The quantitative estimate of drug-likeness (QED) is 0.713. The number of rotatable bonds is 4. The Morgan fingerprint density at radius 3 is 2.44 bits per heavy atom. The van der Waals surface area contributed by atoms with Crippen molar-refractivity contribution >= 4 is 5.91 Å². The van der Waals surface area contributed by atoms with E-state index in [2.05, 4.69) is 4.98 Å². The van der Waals surface area contributed by atoms with Crippen molar-refractivity contribution in [2.75, 3.05) is 7.05 Å². The number of pyridine rings is 1. The molecule has 5 heteroatoms. The lowest BCUT2D eigenvalue weighted by molar-refractivity contribution is 0.0753. The Kier molecular flexibility index (Phi) is 4.84. The summed E-state index contributed by atoms with van der Waals surface area (Å²) in [6.07, 6.45) is 3.17. The van der Waals surface area contributed by atoms with E-state index in [0.29, 0.717) is 11.1 Å². The third-order valence-electron chi connectivity index (χ3n) is 3.99. The molecule has 3 aromatic rings. The third-order valence-corrected chi connectivity index (χ3v) is 3.99. The van der Waals surface area contributed by atoms with Crippen molar-refractivity contribution in [1.82, 2.24) is 9.88 Å². The molecule has 2 aromatic carbocycles. The Labute approximate surface area is 144 Å². The molecule has 0 aliphatic heterocycles. The number of hydrogen-bond acceptors (Lipinski definition) is 2. The Morgan fingerprint density at radius 1 is 1.04 bits per heavy atom. The molecular weight excluding hydrogens is 322 g/mol. The molecule has 3 rings (SSSR count). The lowest BCUT2D eigenvalue weighted by atomic mass is 9.97. The van der Waals surface area contributed by atoms with Crippen LogP contribution >= 0.6 is 0 Å². The summed E-state index contributed by atoms with van der Waals surface area (Å²) in [4.78, 5) is 18.3. The van der Waals surface area contributed by atoms with Gasteiger partial charge < -0.3 is 4.90 Å². The third kappa shape index (κ3) is 3.55. The molecule has 0 saturated heterocycles. The Morgan fingerprint density at radius 2 is 1.80 bits per heavy atom. The van der Waals surface area contributed by atoms with Gasteiger partial charge in [0.2, 0.25) is 0 Å². The molecule has 0 unspecified atom stereocenters. The molecule has 0 aliphatic rings. The van der Waals surface area contributed by atoms with E-state index in [0.717, 1.165) is 6.07 Å². The van der Waals surface area contributed by atoms with E-state index in [-0.39, 0.29) is 11.5 Å². The van der Waals surface area contributed by atoms with E-state index < -0.39 is 17.7 Å². The SMILES string of the molecule is CN(C(=O)c1ccccc1)[C@H](c1cccnc1)c1ccc(F)cc1F. The molecule has 1 heterocycles. The summed E-state index contributed by atoms with van der Waals surface area (Å²) in [6.45, 7) is 0. The van der Waals surface area contributed by atoms with Gasteiger partial charge in [0, 0.05) is 36.6 Å². The van der Waals surface area contributed by atoms with E-state index in [1.165, 1.54) is 17.0 Å². The van der Waals surface area contributed by atoms with Crippen LogP contribution in [0.4, 0.5) is 8.78 Å². The monoisotopic (exact) mass is 338 g/mol. The number of halogens is 2. The summed E-state index contributed by atoms with van der Waals surface area (Å²) >= 11 is 0. The first-order chi connectivity index (χ1) is 12.1. The fourth-order valence-corrected chi connectivity index (χ4v) is 2.77. The molecule has 0 radical (unpaired) electrons. The summed E-state index contributed by atoms with van der Waals surface area (Å²) in [6, 6.07) is 14.8. The van der Waals surface area contributed by atoms with E-state index in [4.69, 9.17) is 0 Å². The Balaban J connectivity index is 2.07. The van der Waals surface area contributed by atoms with Gasteiger partial charge in [0.25, 0.3) is 5.91 Å². The van der Waals surface area contributed by atoms with Gasteiger partial charge in [-0.3, -0.25) is 9.78 Å². The van der Waals surface area contributed by atoms with Crippen LogP contribution in [0.3, 0.4) is 0 Å². The van der Waals surface area contributed by atoms with Gasteiger partial charge in [-0.2, -0.15) is 0 Å². The molecule has 0 fully saturated rings. The van der Waals surface area contributed by atoms with Crippen LogP contribution in [0, 0.1) is 11.6 Å². The van der Waals surface area contributed by atoms with Crippen molar-refractivity contribution in [3.05, 3.63) is 101 Å². The molecule has 126 valence electrons. The van der Waals surface area contributed by atoms with Gasteiger partial charge in [-0.15, -0.1) is 0 Å². The zero-order valence-electron chi connectivity index (χ0n) is 13.6. The lowest BCUT2D eigenvalue weighted by Gasteiger charge is -2.29. The fourth-order valence-electron chi connectivity index (χ4n) is 2.77. The van der Waals surface area contributed by atoms with Gasteiger partial charge in [-0.1, -0.05) is 30.3 Å². The van der Waals surface area contributed by atoms with Crippen molar-refractivity contribution in [3.8, 4) is 0 Å². The summed E-state index contributed by atoms with van der Waals surface area (Å²) in [5.74, 6) is -1.64. The van der Waals surface area contributed by atoms with Crippen molar-refractivity contribution in [3.63, 3.8) is 0 Å². The maximum atomic E-state index is 14.4. The first-order valence-corrected chi connectivity index (χ1v) is 7.75. The number of aromatic nitrogens is 1. The summed E-state index contributed by atoms with van der Waals surface area (Å²) in [5.41, 5.74) is 1.34. The highest BCUT2D eigenvalue weighted by molar-refractivity contribution is 5.94.